The number of thioether (sulfide) groups is 1. The summed E-state index contributed by atoms with van der Waals surface area (Å²) in [6.07, 6.45) is 12.5. The zero-order chi connectivity index (χ0) is 20.8. The molecule has 0 unspecified atom stereocenters. The molecule has 1 saturated heterocycles. The fourth-order valence-electron chi connectivity index (χ4n) is 4.65. The first-order valence-corrected chi connectivity index (χ1v) is 12.6. The molecule has 1 N–H and O–H groups in total. The lowest BCUT2D eigenvalue weighted by Crippen LogP contribution is -2.30. The van der Waals surface area contributed by atoms with Crippen molar-refractivity contribution in [2.45, 2.75) is 76.4 Å². The normalized spacial score (nSPS) is 17.7. The number of nitrogens with one attached hydrogen (secondary N) is 1. The van der Waals surface area contributed by atoms with E-state index in [2.05, 4.69) is 22.2 Å². The molecule has 2 fully saturated rings. The summed E-state index contributed by atoms with van der Waals surface area (Å²) in [5, 5.41) is 9.48. The average molecular weight is 431 g/mol. The first-order chi connectivity index (χ1) is 14.7. The number of carbonyl (C=O) groups excluding carboxylic acids is 1. The monoisotopic (exact) mass is 430 g/mol. The minimum absolute atomic E-state index is 0.157. The van der Waals surface area contributed by atoms with Gasteiger partial charge in [-0.1, -0.05) is 44.4 Å². The van der Waals surface area contributed by atoms with Crippen LogP contribution in [0.15, 0.2) is 11.4 Å². The molecular formula is C22H34N6OS. The molecule has 0 aromatic carbocycles. The molecule has 8 heteroatoms. The molecular weight excluding hydrogens is 396 g/mol. The largest absolute Gasteiger partial charge is 0.356 e. The first kappa shape index (κ1) is 21.4. The summed E-state index contributed by atoms with van der Waals surface area (Å²) in [5.41, 5.74) is 0.877. The number of fused-ring (bicyclic) bond motifs is 1. The molecule has 1 saturated carbocycles. The van der Waals surface area contributed by atoms with E-state index < -0.39 is 0 Å². The number of rotatable bonds is 9. The number of carbonyl (C=O) groups is 1. The van der Waals surface area contributed by atoms with Crippen molar-refractivity contribution in [1.82, 2.24) is 25.1 Å². The second-order valence-corrected chi connectivity index (χ2v) is 9.69. The van der Waals surface area contributed by atoms with Crippen LogP contribution in [-0.4, -0.2) is 51.0 Å². The summed E-state index contributed by atoms with van der Waals surface area (Å²) in [6.45, 7) is 5.43. The Hall–Kier alpha value is -1.83. The molecule has 164 valence electrons. The van der Waals surface area contributed by atoms with Crippen LogP contribution in [0.25, 0.3) is 11.0 Å². The zero-order valence-corrected chi connectivity index (χ0v) is 18.9. The molecule has 1 aliphatic carbocycles. The lowest BCUT2D eigenvalue weighted by Gasteiger charge is -2.28. The quantitative estimate of drug-likeness (QED) is 0.478. The summed E-state index contributed by atoms with van der Waals surface area (Å²) in [7, 11) is 0. The highest BCUT2D eigenvalue weighted by Gasteiger charge is 2.20. The molecule has 0 atom stereocenters. The van der Waals surface area contributed by atoms with Crippen molar-refractivity contribution < 1.29 is 4.79 Å². The second kappa shape index (κ2) is 10.5. The Kier molecular flexibility index (Phi) is 7.47. The summed E-state index contributed by atoms with van der Waals surface area (Å²) in [4.78, 5) is 24.2. The zero-order valence-electron chi connectivity index (χ0n) is 18.1. The van der Waals surface area contributed by atoms with Crippen molar-refractivity contribution in [3.8, 4) is 0 Å². The summed E-state index contributed by atoms with van der Waals surface area (Å²) in [6, 6.07) is 0. The third-order valence-corrected chi connectivity index (χ3v) is 7.01. The van der Waals surface area contributed by atoms with Crippen LogP contribution in [0.3, 0.4) is 0 Å². The van der Waals surface area contributed by atoms with Crippen LogP contribution >= 0.6 is 11.8 Å². The lowest BCUT2D eigenvalue weighted by molar-refractivity contribution is -0.121. The lowest BCUT2D eigenvalue weighted by atomic mass is 10.0. The minimum atomic E-state index is 0.157. The maximum Gasteiger partial charge on any atom is 0.220 e. The van der Waals surface area contributed by atoms with E-state index in [4.69, 9.17) is 9.97 Å². The van der Waals surface area contributed by atoms with Crippen LogP contribution in [0, 0.1) is 5.92 Å². The SMILES string of the molecule is CCSc1nc(N2CCCCC2)c2cnn(CCNC(=O)CCC3CCCC3)c2n1. The average Bonchev–Trinajstić information content (AvgIpc) is 3.43. The van der Waals surface area contributed by atoms with Crippen LogP contribution in [0.2, 0.25) is 0 Å². The molecule has 0 bridgehead atoms. The second-order valence-electron chi connectivity index (χ2n) is 8.45. The Morgan fingerprint density at radius 1 is 1.17 bits per heavy atom. The van der Waals surface area contributed by atoms with E-state index in [1.54, 1.807) is 11.8 Å². The predicted molar refractivity (Wildman–Crippen MR) is 122 cm³/mol. The van der Waals surface area contributed by atoms with Crippen LogP contribution < -0.4 is 10.2 Å². The Morgan fingerprint density at radius 3 is 2.73 bits per heavy atom. The standard InChI is InChI=1S/C22H34N6OS/c1-2-30-22-25-20(27-13-6-3-7-14-27)18-16-24-28(21(18)26-22)15-12-23-19(29)11-10-17-8-4-5-9-17/h16-17H,2-15H2,1H3,(H,23,29). The van der Waals surface area contributed by atoms with Crippen molar-refractivity contribution in [2.75, 3.05) is 30.3 Å². The smallest absolute Gasteiger partial charge is 0.220 e. The molecule has 30 heavy (non-hydrogen) atoms. The number of anilines is 1. The van der Waals surface area contributed by atoms with Crippen LogP contribution in [0.1, 0.15) is 64.7 Å². The number of aromatic nitrogens is 4. The molecule has 7 nitrogen and oxygen atoms in total. The van der Waals surface area contributed by atoms with Gasteiger partial charge in [0.2, 0.25) is 5.91 Å². The molecule has 2 aromatic heterocycles. The molecule has 2 aliphatic rings. The van der Waals surface area contributed by atoms with Crippen molar-refractivity contribution >= 4 is 34.5 Å². The highest BCUT2D eigenvalue weighted by atomic mass is 32.2. The summed E-state index contributed by atoms with van der Waals surface area (Å²) >= 11 is 1.67. The molecule has 1 aliphatic heterocycles. The fourth-order valence-corrected chi connectivity index (χ4v) is 5.21. The van der Waals surface area contributed by atoms with Gasteiger partial charge < -0.3 is 10.2 Å². The van der Waals surface area contributed by atoms with E-state index >= 15 is 0 Å². The maximum atomic E-state index is 12.2. The number of amides is 1. The van der Waals surface area contributed by atoms with Gasteiger partial charge in [0.05, 0.1) is 18.1 Å². The Balaban J connectivity index is 1.40. The minimum Gasteiger partial charge on any atom is -0.356 e. The summed E-state index contributed by atoms with van der Waals surface area (Å²) < 4.78 is 1.92. The van der Waals surface area contributed by atoms with Crippen LogP contribution in [-0.2, 0) is 11.3 Å². The van der Waals surface area contributed by atoms with E-state index in [-0.39, 0.29) is 5.91 Å². The Labute approximate surface area is 183 Å². The third kappa shape index (κ3) is 5.25. The van der Waals surface area contributed by atoms with Gasteiger partial charge in [0, 0.05) is 26.1 Å². The van der Waals surface area contributed by atoms with Gasteiger partial charge in [0.1, 0.15) is 5.82 Å². The first-order valence-electron chi connectivity index (χ1n) is 11.6. The van der Waals surface area contributed by atoms with Crippen LogP contribution in [0.4, 0.5) is 5.82 Å². The number of hydrogen-bond donors (Lipinski definition) is 1. The fraction of sp³-hybridized carbons (Fsp3) is 0.727. The highest BCUT2D eigenvalue weighted by Crippen LogP contribution is 2.29. The van der Waals surface area contributed by atoms with E-state index in [0.29, 0.717) is 19.5 Å². The third-order valence-electron chi connectivity index (χ3n) is 6.28. The van der Waals surface area contributed by atoms with Gasteiger partial charge in [-0.2, -0.15) is 5.10 Å². The van der Waals surface area contributed by atoms with Crippen molar-refractivity contribution in [2.24, 2.45) is 5.92 Å². The molecule has 3 heterocycles. The van der Waals surface area contributed by atoms with Gasteiger partial charge in [0.25, 0.3) is 0 Å². The van der Waals surface area contributed by atoms with Gasteiger partial charge in [-0.3, -0.25) is 4.79 Å². The summed E-state index contributed by atoms with van der Waals surface area (Å²) in [5.74, 6) is 2.87. The van der Waals surface area contributed by atoms with E-state index in [1.165, 1.54) is 44.9 Å². The molecule has 0 radical (unpaired) electrons. The molecule has 1 amide bonds. The van der Waals surface area contributed by atoms with Gasteiger partial charge in [-0.25, -0.2) is 14.6 Å². The van der Waals surface area contributed by atoms with E-state index in [1.807, 2.05) is 10.9 Å². The predicted octanol–water partition coefficient (Wildman–Crippen LogP) is 4.02. The van der Waals surface area contributed by atoms with Crippen molar-refractivity contribution in [1.29, 1.82) is 0 Å². The van der Waals surface area contributed by atoms with Crippen molar-refractivity contribution in [3.05, 3.63) is 6.20 Å². The molecule has 4 rings (SSSR count). The maximum absolute atomic E-state index is 12.2. The number of hydrogen-bond acceptors (Lipinski definition) is 6. The number of nitrogens with zero attached hydrogens (tertiary/aromatic N) is 5. The van der Waals surface area contributed by atoms with Crippen LogP contribution in [0.5, 0.6) is 0 Å². The number of piperidine rings is 1. The van der Waals surface area contributed by atoms with E-state index in [0.717, 1.165) is 53.2 Å². The van der Waals surface area contributed by atoms with Crippen molar-refractivity contribution in [3.63, 3.8) is 0 Å². The van der Waals surface area contributed by atoms with Gasteiger partial charge >= 0.3 is 0 Å². The van der Waals surface area contributed by atoms with Gasteiger partial charge in [-0.05, 0) is 37.4 Å². The molecule has 0 spiro atoms. The Morgan fingerprint density at radius 2 is 1.97 bits per heavy atom. The van der Waals surface area contributed by atoms with Gasteiger partial charge in [-0.15, -0.1) is 0 Å². The highest BCUT2D eigenvalue weighted by molar-refractivity contribution is 7.99. The van der Waals surface area contributed by atoms with E-state index in [9.17, 15) is 4.79 Å². The Bertz CT molecular complexity index is 842. The molecule has 2 aromatic rings. The topological polar surface area (TPSA) is 75.9 Å². The van der Waals surface area contributed by atoms with Gasteiger partial charge in [0.15, 0.2) is 10.8 Å².